The van der Waals surface area contributed by atoms with Crippen LogP contribution < -0.4 is 4.90 Å². The van der Waals surface area contributed by atoms with Crippen LogP contribution in [0.3, 0.4) is 0 Å². The second kappa shape index (κ2) is 4.29. The molecule has 4 nitrogen and oxygen atoms in total. The molecule has 0 atom stereocenters. The van der Waals surface area contributed by atoms with Crippen LogP contribution in [0.15, 0.2) is 29.5 Å². The Labute approximate surface area is 106 Å². The predicted octanol–water partition coefficient (Wildman–Crippen LogP) is 2.40. The summed E-state index contributed by atoms with van der Waals surface area (Å²) >= 11 is 0. The van der Waals surface area contributed by atoms with Gasteiger partial charge in [-0.2, -0.15) is 0 Å². The summed E-state index contributed by atoms with van der Waals surface area (Å²) in [5.41, 5.74) is 3.54. The van der Waals surface area contributed by atoms with Crippen LogP contribution in [0, 0.1) is 13.8 Å². The van der Waals surface area contributed by atoms with Crippen LogP contribution >= 0.6 is 0 Å². The van der Waals surface area contributed by atoms with Gasteiger partial charge in [-0.15, -0.1) is 0 Å². The minimum absolute atomic E-state index is 0.0333. The molecule has 0 spiro atoms. The maximum Gasteiger partial charge on any atom is 0.333 e. The first-order valence-electron chi connectivity index (χ1n) is 5.75. The lowest BCUT2D eigenvalue weighted by Gasteiger charge is -2.20. The van der Waals surface area contributed by atoms with E-state index >= 15 is 0 Å². The van der Waals surface area contributed by atoms with E-state index in [1.165, 1.54) is 4.90 Å². The lowest BCUT2D eigenvalue weighted by atomic mass is 10.1. The van der Waals surface area contributed by atoms with Gasteiger partial charge in [-0.25, -0.2) is 4.79 Å². The van der Waals surface area contributed by atoms with Gasteiger partial charge in [0.25, 0.3) is 0 Å². The number of amides is 1. The van der Waals surface area contributed by atoms with Crippen LogP contribution in [0.1, 0.15) is 24.5 Å². The Morgan fingerprint density at radius 2 is 1.94 bits per heavy atom. The molecule has 2 rings (SSSR count). The zero-order valence-electron chi connectivity index (χ0n) is 10.7. The summed E-state index contributed by atoms with van der Waals surface area (Å²) in [5, 5.41) is 9.04. The summed E-state index contributed by atoms with van der Waals surface area (Å²) < 4.78 is 0. The normalized spacial score (nSPS) is 15.5. The highest BCUT2D eigenvalue weighted by atomic mass is 16.4. The summed E-state index contributed by atoms with van der Waals surface area (Å²) in [6.07, 6.45) is -0.0333. The highest BCUT2D eigenvalue weighted by Gasteiger charge is 2.32. The monoisotopic (exact) mass is 245 g/mol. The molecule has 1 heterocycles. The van der Waals surface area contributed by atoms with Crippen molar-refractivity contribution in [2.24, 2.45) is 0 Å². The Morgan fingerprint density at radius 3 is 2.44 bits per heavy atom. The van der Waals surface area contributed by atoms with Crippen LogP contribution in [-0.4, -0.2) is 17.0 Å². The highest BCUT2D eigenvalue weighted by Crippen LogP contribution is 2.32. The fraction of sp³-hybridized carbons (Fsp3) is 0.286. The molecule has 1 aliphatic rings. The number of aryl methyl sites for hydroxylation is 2. The van der Waals surface area contributed by atoms with Gasteiger partial charge in [0.1, 0.15) is 0 Å². The van der Waals surface area contributed by atoms with E-state index in [4.69, 9.17) is 5.11 Å². The topological polar surface area (TPSA) is 57.6 Å². The standard InChI is InChI=1S/C14H15NO3/c1-8-4-5-12(9(2)6-8)15-10(3)11(14(17)18)7-13(15)16/h4-6H,7H2,1-3H3,(H,17,18). The van der Waals surface area contributed by atoms with Crippen LogP contribution in [0.5, 0.6) is 0 Å². The fourth-order valence-electron chi connectivity index (χ4n) is 2.28. The molecule has 1 aromatic carbocycles. The Balaban J connectivity index is 2.51. The van der Waals surface area contributed by atoms with Crippen molar-refractivity contribution in [3.63, 3.8) is 0 Å². The summed E-state index contributed by atoms with van der Waals surface area (Å²) in [6, 6.07) is 5.76. The van der Waals surface area contributed by atoms with Crippen LogP contribution in [0.2, 0.25) is 0 Å². The zero-order chi connectivity index (χ0) is 13.4. The third-order valence-corrected chi connectivity index (χ3v) is 3.20. The zero-order valence-corrected chi connectivity index (χ0v) is 10.7. The maximum atomic E-state index is 12.0. The van der Waals surface area contributed by atoms with E-state index < -0.39 is 5.97 Å². The van der Waals surface area contributed by atoms with Gasteiger partial charge >= 0.3 is 5.97 Å². The van der Waals surface area contributed by atoms with Crippen LogP contribution in [-0.2, 0) is 9.59 Å². The number of carbonyl (C=O) groups is 2. The van der Waals surface area contributed by atoms with Crippen molar-refractivity contribution in [3.05, 3.63) is 40.6 Å². The summed E-state index contributed by atoms with van der Waals surface area (Å²) in [5.74, 6) is -1.20. The first kappa shape index (κ1) is 12.4. The van der Waals surface area contributed by atoms with Crippen molar-refractivity contribution in [1.29, 1.82) is 0 Å². The average Bonchev–Trinajstić information content (AvgIpc) is 2.56. The number of hydrogen-bond acceptors (Lipinski definition) is 2. The van der Waals surface area contributed by atoms with Gasteiger partial charge in [0.2, 0.25) is 5.91 Å². The minimum atomic E-state index is -1.02. The first-order chi connectivity index (χ1) is 8.41. The molecule has 0 unspecified atom stereocenters. The number of carboxylic acid groups (broad SMARTS) is 1. The maximum absolute atomic E-state index is 12.0. The van der Waals surface area contributed by atoms with Gasteiger partial charge in [-0.3, -0.25) is 9.69 Å². The average molecular weight is 245 g/mol. The molecule has 1 aromatic rings. The lowest BCUT2D eigenvalue weighted by molar-refractivity contribution is -0.133. The number of carbonyl (C=O) groups excluding carboxylic acids is 1. The number of aliphatic carboxylic acids is 1. The Bertz CT molecular complexity index is 572. The van der Waals surface area contributed by atoms with E-state index in [1.807, 2.05) is 32.0 Å². The van der Waals surface area contributed by atoms with Gasteiger partial charge in [-0.1, -0.05) is 17.7 Å². The summed E-state index contributed by atoms with van der Waals surface area (Å²) in [4.78, 5) is 24.5. The number of benzene rings is 1. The molecule has 0 saturated carbocycles. The minimum Gasteiger partial charge on any atom is -0.478 e. The van der Waals surface area contributed by atoms with Crippen molar-refractivity contribution in [1.82, 2.24) is 0 Å². The number of nitrogens with zero attached hydrogens (tertiary/aromatic N) is 1. The molecule has 18 heavy (non-hydrogen) atoms. The fourth-order valence-corrected chi connectivity index (χ4v) is 2.28. The molecule has 1 N–H and O–H groups in total. The predicted molar refractivity (Wildman–Crippen MR) is 68.4 cm³/mol. The van der Waals surface area contributed by atoms with Gasteiger partial charge in [0.15, 0.2) is 0 Å². The van der Waals surface area contributed by atoms with Crippen molar-refractivity contribution < 1.29 is 14.7 Å². The molecule has 1 amide bonds. The third-order valence-electron chi connectivity index (χ3n) is 3.20. The molecule has 0 aliphatic carbocycles. The van der Waals surface area contributed by atoms with E-state index in [9.17, 15) is 9.59 Å². The smallest absolute Gasteiger partial charge is 0.333 e. The van der Waals surface area contributed by atoms with Crippen LogP contribution in [0.25, 0.3) is 0 Å². The molecular formula is C14H15NO3. The van der Waals surface area contributed by atoms with Gasteiger partial charge in [0, 0.05) is 5.70 Å². The van der Waals surface area contributed by atoms with E-state index in [0.29, 0.717) is 5.70 Å². The van der Waals surface area contributed by atoms with Gasteiger partial charge in [-0.05, 0) is 32.4 Å². The third kappa shape index (κ3) is 1.90. The first-order valence-corrected chi connectivity index (χ1v) is 5.75. The largest absolute Gasteiger partial charge is 0.478 e. The van der Waals surface area contributed by atoms with Crippen molar-refractivity contribution >= 4 is 17.6 Å². The molecule has 0 aromatic heterocycles. The van der Waals surface area contributed by atoms with Crippen molar-refractivity contribution in [2.75, 3.05) is 4.90 Å². The summed E-state index contributed by atoms with van der Waals surface area (Å²) in [6.45, 7) is 5.57. The second-order valence-electron chi connectivity index (χ2n) is 4.56. The number of anilines is 1. The SMILES string of the molecule is CC1=C(C(=O)O)CC(=O)N1c1ccc(C)cc1C. The molecule has 0 radical (unpaired) electrons. The second-order valence-corrected chi connectivity index (χ2v) is 4.56. The van der Waals surface area contributed by atoms with E-state index in [-0.39, 0.29) is 17.9 Å². The quantitative estimate of drug-likeness (QED) is 0.870. The van der Waals surface area contributed by atoms with Gasteiger partial charge < -0.3 is 5.11 Å². The number of carboxylic acids is 1. The molecule has 4 heteroatoms. The molecule has 0 saturated heterocycles. The van der Waals surface area contributed by atoms with Gasteiger partial charge in [0.05, 0.1) is 17.7 Å². The molecule has 0 fully saturated rings. The van der Waals surface area contributed by atoms with E-state index in [2.05, 4.69) is 0 Å². The number of allylic oxidation sites excluding steroid dienone is 1. The molecule has 0 bridgehead atoms. The number of rotatable bonds is 2. The Hall–Kier alpha value is -2.10. The van der Waals surface area contributed by atoms with Crippen molar-refractivity contribution in [2.45, 2.75) is 27.2 Å². The Kier molecular flexibility index (Phi) is 2.95. The Morgan fingerprint density at radius 1 is 1.28 bits per heavy atom. The van der Waals surface area contributed by atoms with E-state index in [1.54, 1.807) is 6.92 Å². The lowest BCUT2D eigenvalue weighted by Crippen LogP contribution is -2.24. The molecule has 94 valence electrons. The molecular weight excluding hydrogens is 230 g/mol. The molecule has 1 aliphatic heterocycles. The van der Waals surface area contributed by atoms with Crippen molar-refractivity contribution in [3.8, 4) is 0 Å². The highest BCUT2D eigenvalue weighted by molar-refractivity contribution is 6.09. The summed E-state index contributed by atoms with van der Waals surface area (Å²) in [7, 11) is 0. The van der Waals surface area contributed by atoms with E-state index in [0.717, 1.165) is 16.8 Å². The van der Waals surface area contributed by atoms with Crippen LogP contribution in [0.4, 0.5) is 5.69 Å². The number of hydrogen-bond donors (Lipinski definition) is 1.